The van der Waals surface area contributed by atoms with E-state index in [2.05, 4.69) is 264 Å². The van der Waals surface area contributed by atoms with Gasteiger partial charge in [0.2, 0.25) is 0 Å². The van der Waals surface area contributed by atoms with Gasteiger partial charge in [0.25, 0.3) is 0 Å². The minimum atomic E-state index is -0.460. The molecule has 11 aromatic rings. The van der Waals surface area contributed by atoms with Gasteiger partial charge in [0.15, 0.2) is 0 Å². The topological polar surface area (TPSA) is 8.17 Å². The SMILES string of the molecule is c1ccc(N(c2cccc(-c3cccc(C4(c5ccccc5)c5ccccc5-c5ccccc54)c3)c2)c2cccc(-c3ccc4c(c3)c3ccccc3n4-c3ccccc3)c2)cc1. The average Bonchev–Trinajstić information content (AvgIpc) is 3.86. The van der Waals surface area contributed by atoms with E-state index in [1.54, 1.807) is 0 Å². The summed E-state index contributed by atoms with van der Waals surface area (Å²) in [7, 11) is 0. The number of benzene rings is 10. The summed E-state index contributed by atoms with van der Waals surface area (Å²) in [4.78, 5) is 2.38. The van der Waals surface area contributed by atoms with Crippen LogP contribution in [-0.2, 0) is 5.41 Å². The molecule has 0 fully saturated rings. The van der Waals surface area contributed by atoms with Gasteiger partial charge in [-0.05, 0) is 128 Å². The maximum absolute atomic E-state index is 2.42. The third kappa shape index (κ3) is 5.95. The summed E-state index contributed by atoms with van der Waals surface area (Å²) in [6.07, 6.45) is 0. The van der Waals surface area contributed by atoms with Crippen LogP contribution in [0.5, 0.6) is 0 Å². The molecule has 1 aliphatic carbocycles. The first-order chi connectivity index (χ1) is 31.3. The van der Waals surface area contributed by atoms with E-state index >= 15 is 0 Å². The molecule has 1 aliphatic rings. The Bertz CT molecular complexity index is 3410. The maximum atomic E-state index is 2.42. The van der Waals surface area contributed by atoms with E-state index in [1.807, 2.05) is 0 Å². The van der Waals surface area contributed by atoms with Gasteiger partial charge in [-0.15, -0.1) is 0 Å². The number of para-hydroxylation sites is 3. The molecule has 0 bridgehead atoms. The van der Waals surface area contributed by atoms with Crippen LogP contribution in [0.4, 0.5) is 17.1 Å². The number of aromatic nitrogens is 1. The highest BCUT2D eigenvalue weighted by atomic mass is 15.1. The number of rotatable bonds is 8. The first-order valence-corrected chi connectivity index (χ1v) is 21.8. The van der Waals surface area contributed by atoms with Gasteiger partial charge >= 0.3 is 0 Å². The lowest BCUT2D eigenvalue weighted by atomic mass is 9.67. The van der Waals surface area contributed by atoms with E-state index in [9.17, 15) is 0 Å². The molecule has 0 atom stereocenters. The van der Waals surface area contributed by atoms with E-state index < -0.39 is 5.41 Å². The second-order valence-electron chi connectivity index (χ2n) is 16.5. The molecule has 0 unspecified atom stereocenters. The monoisotopic (exact) mass is 802 g/mol. The summed E-state index contributed by atoms with van der Waals surface area (Å²) in [6.45, 7) is 0. The van der Waals surface area contributed by atoms with Gasteiger partial charge in [0.05, 0.1) is 16.4 Å². The van der Waals surface area contributed by atoms with E-state index in [1.165, 1.54) is 71.9 Å². The van der Waals surface area contributed by atoms with Crippen molar-refractivity contribution in [2.24, 2.45) is 0 Å². The molecule has 0 spiro atoms. The molecule has 2 heteroatoms. The van der Waals surface area contributed by atoms with Crippen LogP contribution in [0, 0.1) is 0 Å². The molecule has 10 aromatic carbocycles. The van der Waals surface area contributed by atoms with Gasteiger partial charge in [-0.25, -0.2) is 0 Å². The molecule has 0 saturated carbocycles. The first-order valence-electron chi connectivity index (χ1n) is 21.8. The zero-order chi connectivity index (χ0) is 41.7. The van der Waals surface area contributed by atoms with Crippen LogP contribution in [0.1, 0.15) is 22.3 Å². The smallest absolute Gasteiger partial charge is 0.0713 e. The molecule has 0 radical (unpaired) electrons. The Labute approximate surface area is 368 Å². The summed E-state index contributed by atoms with van der Waals surface area (Å²) in [5.41, 5.74) is 18.8. The largest absolute Gasteiger partial charge is 0.310 e. The van der Waals surface area contributed by atoms with Crippen molar-refractivity contribution in [1.29, 1.82) is 0 Å². The van der Waals surface area contributed by atoms with Crippen molar-refractivity contribution in [3.8, 4) is 39.1 Å². The molecule has 0 N–H and O–H groups in total. The van der Waals surface area contributed by atoms with E-state index in [0.29, 0.717) is 0 Å². The highest BCUT2D eigenvalue weighted by molar-refractivity contribution is 6.10. The Balaban J connectivity index is 0.972. The zero-order valence-corrected chi connectivity index (χ0v) is 34.6. The van der Waals surface area contributed by atoms with Crippen LogP contribution in [0.15, 0.2) is 255 Å². The quantitative estimate of drug-likeness (QED) is 0.149. The van der Waals surface area contributed by atoms with E-state index in [4.69, 9.17) is 0 Å². The van der Waals surface area contributed by atoms with Gasteiger partial charge < -0.3 is 9.47 Å². The molecular weight excluding hydrogens is 761 g/mol. The Morgan fingerprint density at radius 2 is 0.778 bits per heavy atom. The summed E-state index contributed by atoms with van der Waals surface area (Å²) < 4.78 is 2.37. The van der Waals surface area contributed by atoms with Gasteiger partial charge in [0.1, 0.15) is 0 Å². The second kappa shape index (κ2) is 15.1. The highest BCUT2D eigenvalue weighted by Gasteiger charge is 2.45. The summed E-state index contributed by atoms with van der Waals surface area (Å²) in [5, 5.41) is 2.49. The molecule has 1 aromatic heterocycles. The van der Waals surface area contributed by atoms with Crippen molar-refractivity contribution in [3.05, 3.63) is 277 Å². The maximum Gasteiger partial charge on any atom is 0.0713 e. The third-order valence-electron chi connectivity index (χ3n) is 13.0. The van der Waals surface area contributed by atoms with Gasteiger partial charge in [0, 0.05) is 33.5 Å². The average molecular weight is 803 g/mol. The number of nitrogens with zero attached hydrogens (tertiary/aromatic N) is 2. The van der Waals surface area contributed by atoms with Crippen LogP contribution in [0.2, 0.25) is 0 Å². The normalized spacial score (nSPS) is 12.6. The molecule has 0 amide bonds. The van der Waals surface area contributed by atoms with Crippen molar-refractivity contribution in [1.82, 2.24) is 4.57 Å². The molecule has 2 nitrogen and oxygen atoms in total. The fraction of sp³-hybridized carbons (Fsp3) is 0.0164. The highest BCUT2D eigenvalue weighted by Crippen LogP contribution is 2.56. The molecule has 12 rings (SSSR count). The van der Waals surface area contributed by atoms with Crippen LogP contribution in [0.25, 0.3) is 60.9 Å². The van der Waals surface area contributed by atoms with Gasteiger partial charge in [-0.1, -0.05) is 182 Å². The van der Waals surface area contributed by atoms with Crippen molar-refractivity contribution in [3.63, 3.8) is 0 Å². The fourth-order valence-corrected chi connectivity index (χ4v) is 10.3. The van der Waals surface area contributed by atoms with E-state index in [0.717, 1.165) is 28.3 Å². The van der Waals surface area contributed by atoms with E-state index in [-0.39, 0.29) is 0 Å². The summed E-state index contributed by atoms with van der Waals surface area (Å²) in [5.74, 6) is 0. The third-order valence-corrected chi connectivity index (χ3v) is 13.0. The standard InChI is InChI=1S/C61H42N2/c1-4-22-47(23-5-1)61(57-34-13-10-31-53(57)54-32-11-14-35-58(54)61)48-24-16-19-43(39-48)44-20-17-29-51(40-44)62(49-25-6-2-7-26-49)52-30-18-21-45(41-52)46-37-38-60-56(42-46)55-33-12-15-36-59(55)63(60)50-27-8-3-9-28-50/h1-42H. The number of fused-ring (bicyclic) bond motifs is 6. The Hall–Kier alpha value is -8.20. The van der Waals surface area contributed by atoms with Crippen LogP contribution in [0.3, 0.4) is 0 Å². The number of anilines is 3. The molecule has 1 heterocycles. The lowest BCUT2D eigenvalue weighted by molar-refractivity contribution is 0.769. The Morgan fingerprint density at radius 3 is 1.44 bits per heavy atom. The van der Waals surface area contributed by atoms with Crippen molar-refractivity contribution < 1.29 is 0 Å². The van der Waals surface area contributed by atoms with Crippen molar-refractivity contribution in [2.45, 2.75) is 5.41 Å². The molecule has 63 heavy (non-hydrogen) atoms. The van der Waals surface area contributed by atoms with Gasteiger partial charge in [-0.3, -0.25) is 0 Å². The van der Waals surface area contributed by atoms with Crippen molar-refractivity contribution >= 4 is 38.9 Å². The fourth-order valence-electron chi connectivity index (χ4n) is 10.3. The lowest BCUT2D eigenvalue weighted by Gasteiger charge is -2.34. The van der Waals surface area contributed by atoms with Crippen LogP contribution < -0.4 is 4.90 Å². The number of hydrogen-bond acceptors (Lipinski definition) is 1. The molecule has 296 valence electrons. The minimum Gasteiger partial charge on any atom is -0.310 e. The second-order valence-corrected chi connectivity index (χ2v) is 16.5. The molecule has 0 aliphatic heterocycles. The Kier molecular flexibility index (Phi) is 8.76. The predicted octanol–water partition coefficient (Wildman–Crippen LogP) is 16.0. The Morgan fingerprint density at radius 1 is 0.302 bits per heavy atom. The van der Waals surface area contributed by atoms with Crippen molar-refractivity contribution in [2.75, 3.05) is 4.90 Å². The van der Waals surface area contributed by atoms with Crippen LogP contribution >= 0.6 is 0 Å². The molecular formula is C61H42N2. The zero-order valence-electron chi connectivity index (χ0n) is 34.6. The minimum absolute atomic E-state index is 0.460. The predicted molar refractivity (Wildman–Crippen MR) is 264 cm³/mol. The van der Waals surface area contributed by atoms with Crippen LogP contribution in [-0.4, -0.2) is 4.57 Å². The van der Waals surface area contributed by atoms with Gasteiger partial charge in [-0.2, -0.15) is 0 Å². The molecule has 0 saturated heterocycles. The lowest BCUT2D eigenvalue weighted by Crippen LogP contribution is -2.28. The summed E-state index contributed by atoms with van der Waals surface area (Å²) in [6, 6.07) is 93.2. The number of hydrogen-bond donors (Lipinski definition) is 0. The first kappa shape index (κ1) is 36.6. The summed E-state index contributed by atoms with van der Waals surface area (Å²) >= 11 is 0.